The number of rotatable bonds is 1. The topological polar surface area (TPSA) is 55.9 Å². The smallest absolute Gasteiger partial charge is 0.0956 e. The molecule has 1 aliphatic heterocycles. The summed E-state index contributed by atoms with van der Waals surface area (Å²) in [5, 5.41) is 15.5. The van der Waals surface area contributed by atoms with Crippen LogP contribution >= 0.6 is 0 Å². The van der Waals surface area contributed by atoms with E-state index in [1.54, 1.807) is 0 Å². The SMILES string of the molecule is Cn1cc2c(n1)CCC([C@@H]1c3ccccc3-c3cncn31)C2O. The van der Waals surface area contributed by atoms with Crippen molar-refractivity contribution in [3.8, 4) is 11.3 Å². The van der Waals surface area contributed by atoms with Crippen LogP contribution < -0.4 is 0 Å². The van der Waals surface area contributed by atoms with Gasteiger partial charge in [-0.2, -0.15) is 5.10 Å². The number of hydrogen-bond acceptors (Lipinski definition) is 3. The van der Waals surface area contributed by atoms with E-state index in [0.29, 0.717) is 0 Å². The van der Waals surface area contributed by atoms with Gasteiger partial charge in [0.15, 0.2) is 0 Å². The second-order valence-corrected chi connectivity index (χ2v) is 6.57. The monoisotopic (exact) mass is 306 g/mol. The summed E-state index contributed by atoms with van der Waals surface area (Å²) in [5.41, 5.74) is 5.69. The molecule has 2 aliphatic rings. The van der Waals surface area contributed by atoms with Gasteiger partial charge in [0.1, 0.15) is 0 Å². The Kier molecular flexibility index (Phi) is 2.59. The number of fused-ring (bicyclic) bond motifs is 4. The first-order valence-electron chi connectivity index (χ1n) is 8.05. The number of aliphatic hydroxyl groups excluding tert-OH is 1. The van der Waals surface area contributed by atoms with Gasteiger partial charge < -0.3 is 9.67 Å². The van der Waals surface area contributed by atoms with E-state index in [0.717, 1.165) is 29.8 Å². The lowest BCUT2D eigenvalue weighted by molar-refractivity contribution is 0.0718. The molecular formula is C18H18N4O. The number of aryl methyl sites for hydroxylation is 2. The molecule has 0 spiro atoms. The minimum Gasteiger partial charge on any atom is -0.388 e. The molecule has 3 aromatic rings. The Morgan fingerprint density at radius 1 is 1.22 bits per heavy atom. The van der Waals surface area contributed by atoms with Crippen LogP contribution in [0.15, 0.2) is 43.0 Å². The van der Waals surface area contributed by atoms with Gasteiger partial charge in [0.25, 0.3) is 0 Å². The zero-order valence-electron chi connectivity index (χ0n) is 12.9. The van der Waals surface area contributed by atoms with Crippen molar-refractivity contribution in [2.75, 3.05) is 0 Å². The molecule has 0 radical (unpaired) electrons. The minimum absolute atomic E-state index is 0.142. The molecular weight excluding hydrogens is 288 g/mol. The van der Waals surface area contributed by atoms with Crippen LogP contribution in [0.5, 0.6) is 0 Å². The molecule has 2 unspecified atom stereocenters. The third kappa shape index (κ3) is 1.71. The third-order valence-electron chi connectivity index (χ3n) is 5.30. The van der Waals surface area contributed by atoms with Crippen LogP contribution in [-0.4, -0.2) is 24.4 Å². The highest BCUT2D eigenvalue weighted by Gasteiger charge is 2.41. The second kappa shape index (κ2) is 4.55. The fraction of sp³-hybridized carbons (Fsp3) is 0.333. The Labute approximate surface area is 134 Å². The highest BCUT2D eigenvalue weighted by atomic mass is 16.3. The first-order chi connectivity index (χ1) is 11.2. The maximum absolute atomic E-state index is 11.0. The van der Waals surface area contributed by atoms with Crippen molar-refractivity contribution in [2.45, 2.75) is 25.0 Å². The molecule has 1 aliphatic carbocycles. The summed E-state index contributed by atoms with van der Waals surface area (Å²) in [6, 6.07) is 8.62. The van der Waals surface area contributed by atoms with E-state index in [2.05, 4.69) is 38.9 Å². The molecule has 5 nitrogen and oxygen atoms in total. The Balaban J connectivity index is 1.63. The molecule has 0 bridgehead atoms. The summed E-state index contributed by atoms with van der Waals surface area (Å²) in [6.45, 7) is 0. The molecule has 5 rings (SSSR count). The minimum atomic E-state index is -0.487. The molecule has 2 aromatic heterocycles. The van der Waals surface area contributed by atoms with Crippen molar-refractivity contribution < 1.29 is 5.11 Å². The van der Waals surface area contributed by atoms with Crippen LogP contribution in [0.2, 0.25) is 0 Å². The predicted octanol–water partition coefficient (Wildman–Crippen LogP) is 2.48. The van der Waals surface area contributed by atoms with Crippen molar-refractivity contribution in [1.82, 2.24) is 19.3 Å². The normalized spacial score (nSPS) is 25.0. The van der Waals surface area contributed by atoms with Crippen LogP contribution in [0, 0.1) is 5.92 Å². The van der Waals surface area contributed by atoms with Gasteiger partial charge in [-0.3, -0.25) is 4.68 Å². The summed E-state index contributed by atoms with van der Waals surface area (Å²) >= 11 is 0. The van der Waals surface area contributed by atoms with Gasteiger partial charge in [-0.1, -0.05) is 24.3 Å². The number of aliphatic hydroxyl groups is 1. The van der Waals surface area contributed by atoms with Crippen LogP contribution in [0.1, 0.15) is 35.4 Å². The Morgan fingerprint density at radius 3 is 3.00 bits per heavy atom. The summed E-state index contributed by atoms with van der Waals surface area (Å²) in [7, 11) is 1.92. The van der Waals surface area contributed by atoms with Gasteiger partial charge in [-0.05, 0) is 18.4 Å². The van der Waals surface area contributed by atoms with Gasteiger partial charge in [0.2, 0.25) is 0 Å². The van der Waals surface area contributed by atoms with Gasteiger partial charge in [-0.25, -0.2) is 4.98 Å². The van der Waals surface area contributed by atoms with E-state index in [-0.39, 0.29) is 12.0 Å². The Hall–Kier alpha value is -2.40. The third-order valence-corrected chi connectivity index (χ3v) is 5.30. The summed E-state index contributed by atoms with van der Waals surface area (Å²) < 4.78 is 4.03. The zero-order valence-corrected chi connectivity index (χ0v) is 12.9. The van der Waals surface area contributed by atoms with E-state index >= 15 is 0 Å². The molecule has 0 saturated heterocycles. The van der Waals surface area contributed by atoms with Gasteiger partial charge in [0.05, 0.1) is 36.1 Å². The molecule has 0 fully saturated rings. The van der Waals surface area contributed by atoms with Crippen LogP contribution in [0.4, 0.5) is 0 Å². The average Bonchev–Trinajstić information content (AvgIpc) is 3.22. The van der Waals surface area contributed by atoms with E-state index < -0.39 is 6.10 Å². The first kappa shape index (κ1) is 13.1. The molecule has 0 amide bonds. The van der Waals surface area contributed by atoms with E-state index in [4.69, 9.17) is 0 Å². The fourth-order valence-corrected chi connectivity index (χ4v) is 4.33. The zero-order chi connectivity index (χ0) is 15.6. The molecule has 1 N–H and O–H groups in total. The van der Waals surface area contributed by atoms with Crippen molar-refractivity contribution in [2.24, 2.45) is 13.0 Å². The number of nitrogens with zero attached hydrogens (tertiary/aromatic N) is 4. The summed E-state index contributed by atoms with van der Waals surface area (Å²) in [4.78, 5) is 4.33. The fourth-order valence-electron chi connectivity index (χ4n) is 4.33. The van der Waals surface area contributed by atoms with Crippen molar-refractivity contribution in [1.29, 1.82) is 0 Å². The quantitative estimate of drug-likeness (QED) is 0.751. The van der Waals surface area contributed by atoms with Crippen LogP contribution in [0.3, 0.4) is 0 Å². The standard InChI is InChI=1S/C18H18N4O/c1-21-9-14-15(20-21)7-6-13(18(14)23)17-12-5-3-2-4-11(12)16-8-19-10-22(16)17/h2-5,8-10,13,17-18,23H,6-7H2,1H3/t13?,17-,18?/m0/s1. The van der Waals surface area contributed by atoms with Crippen LogP contribution in [-0.2, 0) is 13.5 Å². The molecule has 23 heavy (non-hydrogen) atoms. The van der Waals surface area contributed by atoms with Crippen molar-refractivity contribution in [3.63, 3.8) is 0 Å². The number of benzene rings is 1. The predicted molar refractivity (Wildman–Crippen MR) is 85.8 cm³/mol. The lowest BCUT2D eigenvalue weighted by Crippen LogP contribution is -2.28. The lowest BCUT2D eigenvalue weighted by Gasteiger charge is -2.33. The summed E-state index contributed by atoms with van der Waals surface area (Å²) in [6.07, 6.45) is 7.14. The Morgan fingerprint density at radius 2 is 2.09 bits per heavy atom. The van der Waals surface area contributed by atoms with Gasteiger partial charge in [0, 0.05) is 30.3 Å². The van der Waals surface area contributed by atoms with Gasteiger partial charge in [-0.15, -0.1) is 0 Å². The van der Waals surface area contributed by atoms with Crippen molar-refractivity contribution in [3.05, 3.63) is 59.8 Å². The highest BCUT2D eigenvalue weighted by Crippen LogP contribution is 2.49. The molecule has 5 heteroatoms. The lowest BCUT2D eigenvalue weighted by atomic mass is 9.78. The van der Waals surface area contributed by atoms with Gasteiger partial charge >= 0.3 is 0 Å². The molecule has 3 heterocycles. The Bertz CT molecular complexity index is 894. The largest absolute Gasteiger partial charge is 0.388 e. The number of imidazole rings is 1. The van der Waals surface area contributed by atoms with Crippen LogP contribution in [0.25, 0.3) is 11.3 Å². The number of hydrogen-bond donors (Lipinski definition) is 1. The van der Waals surface area contributed by atoms with E-state index in [1.165, 1.54) is 11.1 Å². The maximum Gasteiger partial charge on any atom is 0.0956 e. The van der Waals surface area contributed by atoms with E-state index in [1.807, 2.05) is 30.5 Å². The molecule has 116 valence electrons. The number of aromatic nitrogens is 4. The molecule has 1 aromatic carbocycles. The maximum atomic E-state index is 11.0. The van der Waals surface area contributed by atoms with Crippen molar-refractivity contribution >= 4 is 0 Å². The highest BCUT2D eigenvalue weighted by molar-refractivity contribution is 5.69. The summed E-state index contributed by atoms with van der Waals surface area (Å²) in [5.74, 6) is 0.142. The molecule has 3 atom stereocenters. The molecule has 0 saturated carbocycles. The second-order valence-electron chi connectivity index (χ2n) is 6.57. The first-order valence-corrected chi connectivity index (χ1v) is 8.05. The van der Waals surface area contributed by atoms with E-state index in [9.17, 15) is 5.11 Å². The average molecular weight is 306 g/mol.